The molecule has 18 heavy (non-hydrogen) atoms. The molecule has 0 bridgehead atoms. The Kier molecular flexibility index (Phi) is 3.72. The quantitative estimate of drug-likeness (QED) is 0.371. The van der Waals surface area contributed by atoms with Crippen LogP contribution in [0.5, 0.6) is 0 Å². The number of carbonyl (C=O) groups excluding carboxylic acids is 1. The maximum Gasteiger partial charge on any atom is 0.211 e. The molecular weight excluding hydrogens is 296 g/mol. The van der Waals surface area contributed by atoms with Gasteiger partial charge in [-0.25, -0.2) is 0 Å². The van der Waals surface area contributed by atoms with Gasteiger partial charge in [-0.2, -0.15) is 0 Å². The molecule has 0 aliphatic carbocycles. The van der Waals surface area contributed by atoms with E-state index < -0.39 is 0 Å². The van der Waals surface area contributed by atoms with E-state index in [0.717, 1.165) is 4.47 Å². The fraction of sp³-hybridized carbons (Fsp3) is 0. The summed E-state index contributed by atoms with van der Waals surface area (Å²) in [4.78, 5) is 18.9. The first-order chi connectivity index (χ1) is 8.72. The third-order valence-corrected chi connectivity index (χ3v) is 2.75. The van der Waals surface area contributed by atoms with Crippen molar-refractivity contribution in [2.24, 2.45) is 5.11 Å². The lowest BCUT2D eigenvalue weighted by molar-refractivity contribution is 0.103. The Labute approximate surface area is 111 Å². The first kappa shape index (κ1) is 12.3. The Bertz CT molecular complexity index is 636. The van der Waals surface area contributed by atoms with Gasteiger partial charge >= 0.3 is 0 Å². The Morgan fingerprint density at radius 2 is 2.17 bits per heavy atom. The standard InChI is InChI=1S/C12H7BrN4O/c13-8-4-5-10(16-17-14)9(7-8)12(18)11-3-1-2-6-15-11/h1-7H. The Morgan fingerprint density at radius 1 is 1.33 bits per heavy atom. The lowest BCUT2D eigenvalue weighted by Crippen LogP contribution is -2.03. The number of ketones is 1. The third kappa shape index (κ3) is 2.56. The van der Waals surface area contributed by atoms with Crippen molar-refractivity contribution in [3.63, 3.8) is 0 Å². The van der Waals surface area contributed by atoms with Gasteiger partial charge in [0.2, 0.25) is 5.78 Å². The van der Waals surface area contributed by atoms with Crippen molar-refractivity contribution in [3.05, 3.63) is 68.8 Å². The second-order valence-corrected chi connectivity index (χ2v) is 4.31. The summed E-state index contributed by atoms with van der Waals surface area (Å²) in [5, 5.41) is 3.51. The van der Waals surface area contributed by atoms with Crippen molar-refractivity contribution < 1.29 is 4.79 Å². The van der Waals surface area contributed by atoms with Crippen molar-refractivity contribution in [2.45, 2.75) is 0 Å². The number of carbonyl (C=O) groups is 1. The number of benzene rings is 1. The maximum atomic E-state index is 12.2. The monoisotopic (exact) mass is 302 g/mol. The summed E-state index contributed by atoms with van der Waals surface area (Å²) in [6, 6.07) is 9.97. The molecule has 0 saturated carbocycles. The average Bonchev–Trinajstić information content (AvgIpc) is 2.41. The fourth-order valence-electron chi connectivity index (χ4n) is 1.46. The molecule has 1 aromatic heterocycles. The molecule has 5 nitrogen and oxygen atoms in total. The summed E-state index contributed by atoms with van der Waals surface area (Å²) in [7, 11) is 0. The Balaban J connectivity index is 2.53. The van der Waals surface area contributed by atoms with E-state index in [9.17, 15) is 4.79 Å². The number of hydrogen-bond donors (Lipinski definition) is 0. The van der Waals surface area contributed by atoms with Gasteiger partial charge in [-0.05, 0) is 29.8 Å². The Morgan fingerprint density at radius 3 is 2.83 bits per heavy atom. The first-order valence-corrected chi connectivity index (χ1v) is 5.82. The van der Waals surface area contributed by atoms with Crippen LogP contribution in [0, 0.1) is 0 Å². The molecule has 0 N–H and O–H groups in total. The van der Waals surface area contributed by atoms with E-state index in [2.05, 4.69) is 30.9 Å². The minimum absolute atomic E-state index is 0.278. The van der Waals surface area contributed by atoms with Crippen molar-refractivity contribution in [1.82, 2.24) is 4.98 Å². The molecule has 88 valence electrons. The zero-order chi connectivity index (χ0) is 13.0. The minimum atomic E-state index is -0.278. The Hall–Kier alpha value is -2.17. The van der Waals surface area contributed by atoms with Crippen molar-refractivity contribution in [3.8, 4) is 0 Å². The SMILES string of the molecule is [N-]=[N+]=Nc1ccc(Br)cc1C(=O)c1ccccn1. The van der Waals surface area contributed by atoms with E-state index >= 15 is 0 Å². The molecular formula is C12H7BrN4O. The molecule has 0 unspecified atom stereocenters. The van der Waals surface area contributed by atoms with Crippen LogP contribution >= 0.6 is 15.9 Å². The highest BCUT2D eigenvalue weighted by Gasteiger charge is 2.14. The van der Waals surface area contributed by atoms with E-state index in [1.54, 1.807) is 42.6 Å². The normalized spacial score (nSPS) is 9.61. The topological polar surface area (TPSA) is 78.7 Å². The second-order valence-electron chi connectivity index (χ2n) is 3.40. The summed E-state index contributed by atoms with van der Waals surface area (Å²) in [6.07, 6.45) is 1.54. The number of hydrogen-bond acceptors (Lipinski definition) is 3. The lowest BCUT2D eigenvalue weighted by atomic mass is 10.1. The molecule has 0 saturated heterocycles. The van der Waals surface area contributed by atoms with Gasteiger partial charge in [0.25, 0.3) is 0 Å². The van der Waals surface area contributed by atoms with Gasteiger partial charge < -0.3 is 0 Å². The molecule has 6 heteroatoms. The van der Waals surface area contributed by atoms with Gasteiger partial charge in [0, 0.05) is 26.8 Å². The first-order valence-electron chi connectivity index (χ1n) is 5.03. The van der Waals surface area contributed by atoms with Crippen molar-refractivity contribution >= 4 is 27.4 Å². The highest BCUT2D eigenvalue weighted by Crippen LogP contribution is 2.25. The minimum Gasteiger partial charge on any atom is -0.287 e. The predicted molar refractivity (Wildman–Crippen MR) is 70.6 cm³/mol. The van der Waals surface area contributed by atoms with Gasteiger partial charge in [0.05, 0.1) is 0 Å². The summed E-state index contributed by atoms with van der Waals surface area (Å²) >= 11 is 3.28. The molecule has 0 aliphatic rings. The summed E-state index contributed by atoms with van der Waals surface area (Å²) in [5.74, 6) is -0.278. The smallest absolute Gasteiger partial charge is 0.211 e. The van der Waals surface area contributed by atoms with Gasteiger partial charge in [-0.1, -0.05) is 33.2 Å². The third-order valence-electron chi connectivity index (χ3n) is 2.25. The van der Waals surface area contributed by atoms with E-state index in [4.69, 9.17) is 5.53 Å². The van der Waals surface area contributed by atoms with Crippen LogP contribution in [0.4, 0.5) is 5.69 Å². The van der Waals surface area contributed by atoms with Crippen LogP contribution in [-0.2, 0) is 0 Å². The van der Waals surface area contributed by atoms with E-state index in [1.807, 2.05) is 0 Å². The van der Waals surface area contributed by atoms with E-state index in [1.165, 1.54) is 0 Å². The van der Waals surface area contributed by atoms with Crippen molar-refractivity contribution in [1.29, 1.82) is 0 Å². The van der Waals surface area contributed by atoms with Crippen LogP contribution in [0.25, 0.3) is 10.4 Å². The number of azide groups is 1. The number of pyridine rings is 1. The molecule has 0 amide bonds. The number of halogens is 1. The molecule has 2 rings (SSSR count). The summed E-state index contributed by atoms with van der Waals surface area (Å²) in [5.41, 5.74) is 9.40. The molecule has 0 aliphatic heterocycles. The van der Waals surface area contributed by atoms with E-state index in [-0.39, 0.29) is 11.5 Å². The van der Waals surface area contributed by atoms with Crippen LogP contribution in [0.1, 0.15) is 16.1 Å². The van der Waals surface area contributed by atoms with E-state index in [0.29, 0.717) is 11.3 Å². The largest absolute Gasteiger partial charge is 0.287 e. The molecule has 1 heterocycles. The predicted octanol–water partition coefficient (Wildman–Crippen LogP) is 4.02. The molecule has 0 spiro atoms. The highest BCUT2D eigenvalue weighted by molar-refractivity contribution is 9.10. The number of rotatable bonds is 3. The zero-order valence-electron chi connectivity index (χ0n) is 9.12. The van der Waals surface area contributed by atoms with Gasteiger partial charge in [0.1, 0.15) is 5.69 Å². The van der Waals surface area contributed by atoms with Crippen LogP contribution in [0.15, 0.2) is 52.2 Å². The van der Waals surface area contributed by atoms with Crippen molar-refractivity contribution in [2.75, 3.05) is 0 Å². The highest BCUT2D eigenvalue weighted by atomic mass is 79.9. The summed E-state index contributed by atoms with van der Waals surface area (Å²) < 4.78 is 0.735. The molecule has 1 aromatic carbocycles. The van der Waals surface area contributed by atoms with Gasteiger partial charge in [0.15, 0.2) is 0 Å². The molecule has 0 fully saturated rings. The van der Waals surface area contributed by atoms with Crippen LogP contribution in [0.2, 0.25) is 0 Å². The molecule has 0 atom stereocenters. The number of nitrogens with zero attached hydrogens (tertiary/aromatic N) is 4. The fourth-order valence-corrected chi connectivity index (χ4v) is 1.82. The second kappa shape index (κ2) is 5.44. The molecule has 0 radical (unpaired) electrons. The average molecular weight is 303 g/mol. The number of aromatic nitrogens is 1. The van der Waals surface area contributed by atoms with Crippen LogP contribution < -0.4 is 0 Å². The lowest BCUT2D eigenvalue weighted by Gasteiger charge is -2.04. The van der Waals surface area contributed by atoms with Gasteiger partial charge in [-0.3, -0.25) is 9.78 Å². The molecule has 2 aromatic rings. The van der Waals surface area contributed by atoms with Crippen LogP contribution in [-0.4, -0.2) is 10.8 Å². The zero-order valence-corrected chi connectivity index (χ0v) is 10.7. The summed E-state index contributed by atoms with van der Waals surface area (Å²) in [6.45, 7) is 0. The maximum absolute atomic E-state index is 12.2. The van der Waals surface area contributed by atoms with Crippen LogP contribution in [0.3, 0.4) is 0 Å². The van der Waals surface area contributed by atoms with Gasteiger partial charge in [-0.15, -0.1) is 0 Å².